The van der Waals surface area contributed by atoms with Gasteiger partial charge < -0.3 is 15.6 Å². The van der Waals surface area contributed by atoms with E-state index in [0.717, 1.165) is 17.1 Å². The number of hydrogen-bond donors (Lipinski definition) is 2. The summed E-state index contributed by atoms with van der Waals surface area (Å²) in [5.41, 5.74) is 7.04. The molecule has 0 aromatic carbocycles. The number of rotatable bonds is 4. The summed E-state index contributed by atoms with van der Waals surface area (Å²) in [5, 5.41) is 6.87. The van der Waals surface area contributed by atoms with Crippen molar-refractivity contribution in [1.82, 2.24) is 10.1 Å². The third-order valence-electron chi connectivity index (χ3n) is 1.99. The number of anilines is 1. The van der Waals surface area contributed by atoms with E-state index in [1.54, 1.807) is 12.3 Å². The summed E-state index contributed by atoms with van der Waals surface area (Å²) >= 11 is 4.83. The fourth-order valence-corrected chi connectivity index (χ4v) is 1.27. The molecule has 6 heteroatoms. The zero-order valence-electron chi connectivity index (χ0n) is 8.38. The van der Waals surface area contributed by atoms with Crippen LogP contribution in [0.2, 0.25) is 0 Å². The molecule has 0 aliphatic heterocycles. The van der Waals surface area contributed by atoms with E-state index < -0.39 is 0 Å². The molecular weight excluding hydrogens is 224 g/mol. The topological polar surface area (TPSA) is 77.0 Å². The minimum absolute atomic E-state index is 0.343. The predicted molar refractivity (Wildman–Crippen MR) is 64.0 cm³/mol. The Labute approximate surface area is 97.7 Å². The number of nitrogens with zero attached hydrogens (tertiary/aromatic N) is 2. The molecule has 0 saturated carbocycles. The lowest BCUT2D eigenvalue weighted by Crippen LogP contribution is -2.10. The molecule has 2 aromatic heterocycles. The largest absolute Gasteiger partial charge is 0.389 e. The highest BCUT2D eigenvalue weighted by atomic mass is 32.1. The number of nitrogens with two attached hydrogens (primary N) is 1. The maximum absolute atomic E-state index is 5.46. The van der Waals surface area contributed by atoms with Crippen LogP contribution in [-0.2, 0) is 6.54 Å². The van der Waals surface area contributed by atoms with Gasteiger partial charge >= 0.3 is 0 Å². The van der Waals surface area contributed by atoms with Gasteiger partial charge in [0.2, 0.25) is 0 Å². The molecule has 0 saturated heterocycles. The summed E-state index contributed by atoms with van der Waals surface area (Å²) in [6.07, 6.45) is 3.16. The molecule has 0 aliphatic rings. The van der Waals surface area contributed by atoms with Crippen molar-refractivity contribution >= 4 is 23.0 Å². The number of pyridine rings is 1. The molecule has 2 heterocycles. The van der Waals surface area contributed by atoms with Gasteiger partial charge in [0.05, 0.1) is 6.54 Å². The highest BCUT2D eigenvalue weighted by molar-refractivity contribution is 7.80. The first kappa shape index (κ1) is 10.6. The fourth-order valence-electron chi connectivity index (χ4n) is 1.15. The van der Waals surface area contributed by atoms with Gasteiger partial charge in [0, 0.05) is 17.8 Å². The fraction of sp³-hybridized carbons (Fsp3) is 0.100. The van der Waals surface area contributed by atoms with Gasteiger partial charge in [0.15, 0.2) is 0 Å². The van der Waals surface area contributed by atoms with Crippen LogP contribution in [0, 0.1) is 0 Å². The van der Waals surface area contributed by atoms with Gasteiger partial charge in [-0.1, -0.05) is 17.4 Å². The number of aromatic nitrogens is 2. The number of hydrogen-bond acceptors (Lipinski definition) is 5. The molecule has 0 bridgehead atoms. The van der Waals surface area contributed by atoms with E-state index in [-0.39, 0.29) is 0 Å². The van der Waals surface area contributed by atoms with Gasteiger partial charge in [-0.15, -0.1) is 0 Å². The molecule has 0 spiro atoms. The van der Waals surface area contributed by atoms with Crippen molar-refractivity contribution in [3.05, 3.63) is 41.9 Å². The van der Waals surface area contributed by atoms with E-state index in [4.69, 9.17) is 22.5 Å². The van der Waals surface area contributed by atoms with Crippen molar-refractivity contribution in [2.24, 2.45) is 5.73 Å². The van der Waals surface area contributed by atoms with E-state index in [9.17, 15) is 0 Å². The van der Waals surface area contributed by atoms with Crippen LogP contribution in [0.5, 0.6) is 0 Å². The average molecular weight is 234 g/mol. The zero-order valence-corrected chi connectivity index (χ0v) is 9.20. The Bertz CT molecular complexity index is 466. The minimum Gasteiger partial charge on any atom is -0.389 e. The summed E-state index contributed by atoms with van der Waals surface area (Å²) in [7, 11) is 0. The maximum atomic E-state index is 5.46. The van der Waals surface area contributed by atoms with Crippen LogP contribution in [0.15, 0.2) is 35.2 Å². The summed E-state index contributed by atoms with van der Waals surface area (Å²) in [5.74, 6) is 0.739. The molecule has 3 N–H and O–H groups in total. The highest BCUT2D eigenvalue weighted by Gasteiger charge is 1.99. The first-order chi connectivity index (χ1) is 7.75. The molecular formula is C10H10N4OS. The van der Waals surface area contributed by atoms with Gasteiger partial charge in [-0.3, -0.25) is 0 Å². The van der Waals surface area contributed by atoms with Gasteiger partial charge in [-0.2, -0.15) is 0 Å². The Morgan fingerprint density at radius 2 is 2.31 bits per heavy atom. The van der Waals surface area contributed by atoms with Crippen LogP contribution >= 0.6 is 12.2 Å². The van der Waals surface area contributed by atoms with Crippen molar-refractivity contribution in [1.29, 1.82) is 0 Å². The van der Waals surface area contributed by atoms with Crippen molar-refractivity contribution in [2.45, 2.75) is 6.54 Å². The van der Waals surface area contributed by atoms with Crippen LogP contribution in [-0.4, -0.2) is 15.1 Å². The Morgan fingerprint density at radius 1 is 1.44 bits per heavy atom. The maximum Gasteiger partial charge on any atom is 0.126 e. The van der Waals surface area contributed by atoms with Gasteiger partial charge in [-0.05, 0) is 12.1 Å². The third kappa shape index (κ3) is 2.54. The number of thiocarbonyl (C=S) groups is 1. The SMILES string of the molecule is NC(=S)c1ccc(NCc2ccon2)nc1. The van der Waals surface area contributed by atoms with E-state index in [1.807, 2.05) is 12.1 Å². The molecule has 16 heavy (non-hydrogen) atoms. The monoisotopic (exact) mass is 234 g/mol. The summed E-state index contributed by atoms with van der Waals surface area (Å²) in [6.45, 7) is 0.565. The first-order valence-corrected chi connectivity index (χ1v) is 5.05. The molecule has 2 aromatic rings. The molecule has 0 atom stereocenters. The standard InChI is InChI=1S/C10H10N4OS/c11-10(16)7-1-2-9(12-5-7)13-6-8-3-4-15-14-8/h1-5H,6H2,(H2,11,16)(H,12,13). The molecule has 0 aliphatic carbocycles. The second-order valence-electron chi connectivity index (χ2n) is 3.14. The number of nitrogens with one attached hydrogen (secondary N) is 1. The third-order valence-corrected chi connectivity index (χ3v) is 2.23. The van der Waals surface area contributed by atoms with Crippen LogP contribution in [0.4, 0.5) is 5.82 Å². The Hall–Kier alpha value is -1.95. The molecule has 5 nitrogen and oxygen atoms in total. The lowest BCUT2D eigenvalue weighted by atomic mass is 10.3. The van der Waals surface area contributed by atoms with E-state index in [0.29, 0.717) is 11.5 Å². The second kappa shape index (κ2) is 4.71. The smallest absolute Gasteiger partial charge is 0.126 e. The van der Waals surface area contributed by atoms with Crippen molar-refractivity contribution < 1.29 is 4.52 Å². The van der Waals surface area contributed by atoms with E-state index in [1.165, 1.54) is 6.26 Å². The minimum atomic E-state index is 0.343. The molecule has 0 radical (unpaired) electrons. The first-order valence-electron chi connectivity index (χ1n) is 4.64. The Morgan fingerprint density at radius 3 is 2.88 bits per heavy atom. The molecule has 82 valence electrons. The molecule has 0 fully saturated rings. The van der Waals surface area contributed by atoms with Crippen molar-refractivity contribution in [2.75, 3.05) is 5.32 Å². The lowest BCUT2D eigenvalue weighted by molar-refractivity contribution is 0.412. The molecule has 0 unspecified atom stereocenters. The second-order valence-corrected chi connectivity index (χ2v) is 3.58. The van der Waals surface area contributed by atoms with Gasteiger partial charge in [0.25, 0.3) is 0 Å². The summed E-state index contributed by atoms with van der Waals surface area (Å²) in [4.78, 5) is 4.51. The Balaban J connectivity index is 1.98. The average Bonchev–Trinajstić information content (AvgIpc) is 2.80. The van der Waals surface area contributed by atoms with Crippen LogP contribution in [0.3, 0.4) is 0 Å². The van der Waals surface area contributed by atoms with Crippen LogP contribution in [0.25, 0.3) is 0 Å². The van der Waals surface area contributed by atoms with Crippen molar-refractivity contribution in [3.8, 4) is 0 Å². The molecule has 2 rings (SSSR count). The Kier molecular flexibility index (Phi) is 3.11. The molecule has 0 amide bonds. The van der Waals surface area contributed by atoms with Crippen LogP contribution in [0.1, 0.15) is 11.3 Å². The summed E-state index contributed by atoms with van der Waals surface area (Å²) in [6, 6.07) is 5.42. The van der Waals surface area contributed by atoms with E-state index in [2.05, 4.69) is 15.5 Å². The van der Waals surface area contributed by atoms with E-state index >= 15 is 0 Å². The van der Waals surface area contributed by atoms with Crippen molar-refractivity contribution in [3.63, 3.8) is 0 Å². The highest BCUT2D eigenvalue weighted by Crippen LogP contribution is 2.06. The van der Waals surface area contributed by atoms with Crippen LogP contribution < -0.4 is 11.1 Å². The zero-order chi connectivity index (χ0) is 11.4. The van der Waals surface area contributed by atoms with Gasteiger partial charge in [-0.25, -0.2) is 4.98 Å². The quantitative estimate of drug-likeness (QED) is 0.777. The van der Waals surface area contributed by atoms with Gasteiger partial charge in [0.1, 0.15) is 22.8 Å². The normalized spacial score (nSPS) is 10.0. The predicted octanol–water partition coefficient (Wildman–Crippen LogP) is 1.32. The lowest BCUT2D eigenvalue weighted by Gasteiger charge is -2.03. The summed E-state index contributed by atoms with van der Waals surface area (Å²) < 4.78 is 4.71.